The third-order valence-corrected chi connectivity index (χ3v) is 7.25. The number of aryl methyl sites for hydroxylation is 1. The van der Waals surface area contributed by atoms with Crippen LogP contribution < -0.4 is 10.1 Å². The van der Waals surface area contributed by atoms with E-state index in [4.69, 9.17) is 4.74 Å². The van der Waals surface area contributed by atoms with Gasteiger partial charge in [0.25, 0.3) is 0 Å². The Morgan fingerprint density at radius 2 is 1.77 bits per heavy atom. The molecule has 8 heteroatoms. The minimum absolute atomic E-state index is 0.232. The van der Waals surface area contributed by atoms with E-state index in [1.165, 1.54) is 22.5 Å². The standard InChI is InChI=1S/C23H29N3O4S/c1-4-25-13-15-26(16-14-25)31(28,29)21-9-7-20(8-10-21)24-23(27)12-6-19-17-18(2)5-11-22(19)30-3/h5-12,17H,4,13-16H2,1-3H3,(H,24,27)/b12-6+. The third kappa shape index (κ3) is 5.72. The average Bonchev–Trinajstić information content (AvgIpc) is 2.78. The number of carbonyl (C=O) groups is 1. The molecule has 31 heavy (non-hydrogen) atoms. The Labute approximate surface area is 184 Å². The zero-order valence-corrected chi connectivity index (χ0v) is 19.0. The summed E-state index contributed by atoms with van der Waals surface area (Å²) in [5.74, 6) is 0.374. The van der Waals surface area contributed by atoms with E-state index in [-0.39, 0.29) is 10.8 Å². The molecule has 1 N–H and O–H groups in total. The molecule has 0 radical (unpaired) electrons. The van der Waals surface area contributed by atoms with E-state index < -0.39 is 10.0 Å². The van der Waals surface area contributed by atoms with Crippen molar-refractivity contribution in [3.63, 3.8) is 0 Å². The van der Waals surface area contributed by atoms with Gasteiger partial charge in [0.05, 0.1) is 12.0 Å². The predicted octanol–water partition coefficient (Wildman–Crippen LogP) is 2.98. The number of rotatable bonds is 7. The number of carbonyl (C=O) groups excluding carboxylic acids is 1. The number of likely N-dealkylation sites (N-methyl/N-ethyl adjacent to an activating group) is 1. The van der Waals surface area contributed by atoms with E-state index in [1.54, 1.807) is 25.3 Å². The van der Waals surface area contributed by atoms with E-state index >= 15 is 0 Å². The van der Waals surface area contributed by atoms with Crippen LogP contribution in [0.25, 0.3) is 6.08 Å². The highest BCUT2D eigenvalue weighted by Gasteiger charge is 2.27. The van der Waals surface area contributed by atoms with Crippen LogP contribution in [0, 0.1) is 6.92 Å². The van der Waals surface area contributed by atoms with E-state index in [9.17, 15) is 13.2 Å². The highest BCUT2D eigenvalue weighted by Crippen LogP contribution is 2.22. The van der Waals surface area contributed by atoms with Crippen molar-refractivity contribution >= 4 is 27.7 Å². The number of nitrogens with one attached hydrogen (secondary N) is 1. The molecule has 0 spiro atoms. The van der Waals surface area contributed by atoms with Crippen molar-refractivity contribution in [2.75, 3.05) is 45.2 Å². The average molecular weight is 444 g/mol. The Balaban J connectivity index is 1.64. The minimum Gasteiger partial charge on any atom is -0.496 e. The molecular weight excluding hydrogens is 414 g/mol. The summed E-state index contributed by atoms with van der Waals surface area (Å²) in [5.41, 5.74) is 2.40. The lowest BCUT2D eigenvalue weighted by molar-refractivity contribution is -0.111. The van der Waals surface area contributed by atoms with Crippen LogP contribution in [0.15, 0.2) is 53.4 Å². The molecule has 3 rings (SSSR count). The smallest absolute Gasteiger partial charge is 0.248 e. The van der Waals surface area contributed by atoms with Gasteiger partial charge >= 0.3 is 0 Å². The van der Waals surface area contributed by atoms with Crippen LogP contribution in [0.4, 0.5) is 5.69 Å². The fourth-order valence-electron chi connectivity index (χ4n) is 3.48. The molecule has 0 bridgehead atoms. The van der Waals surface area contributed by atoms with Crippen molar-refractivity contribution in [3.8, 4) is 5.75 Å². The maximum absolute atomic E-state index is 12.9. The first-order chi connectivity index (χ1) is 14.8. The number of piperazine rings is 1. The van der Waals surface area contributed by atoms with Crippen LogP contribution in [0.5, 0.6) is 5.75 Å². The summed E-state index contributed by atoms with van der Waals surface area (Å²) in [6.45, 7) is 7.42. The molecule has 0 saturated carbocycles. The molecule has 0 aliphatic carbocycles. The van der Waals surface area contributed by atoms with Crippen LogP contribution >= 0.6 is 0 Å². The van der Waals surface area contributed by atoms with E-state index in [0.717, 1.165) is 30.8 Å². The largest absolute Gasteiger partial charge is 0.496 e. The van der Waals surface area contributed by atoms with Crippen molar-refractivity contribution in [2.45, 2.75) is 18.7 Å². The number of hydrogen-bond acceptors (Lipinski definition) is 5. The van der Waals surface area contributed by atoms with Gasteiger partial charge in [0.2, 0.25) is 15.9 Å². The lowest BCUT2D eigenvalue weighted by Crippen LogP contribution is -2.48. The minimum atomic E-state index is -3.53. The van der Waals surface area contributed by atoms with Crippen molar-refractivity contribution < 1.29 is 17.9 Å². The molecule has 1 aliphatic rings. The number of amides is 1. The Hall–Kier alpha value is -2.68. The summed E-state index contributed by atoms with van der Waals surface area (Å²) in [6, 6.07) is 12.0. The number of nitrogens with zero attached hydrogens (tertiary/aromatic N) is 2. The van der Waals surface area contributed by atoms with Crippen LogP contribution in [-0.2, 0) is 14.8 Å². The van der Waals surface area contributed by atoms with Gasteiger partial charge in [0, 0.05) is 43.5 Å². The lowest BCUT2D eigenvalue weighted by Gasteiger charge is -2.33. The van der Waals surface area contributed by atoms with E-state index in [1.807, 2.05) is 25.1 Å². The van der Waals surface area contributed by atoms with Crippen LogP contribution in [0.1, 0.15) is 18.1 Å². The predicted molar refractivity (Wildman–Crippen MR) is 123 cm³/mol. The molecule has 0 atom stereocenters. The van der Waals surface area contributed by atoms with Gasteiger partial charge in [-0.05, 0) is 55.9 Å². The summed E-state index contributed by atoms with van der Waals surface area (Å²) in [5, 5.41) is 2.75. The Morgan fingerprint density at radius 1 is 1.10 bits per heavy atom. The lowest BCUT2D eigenvalue weighted by atomic mass is 10.1. The monoisotopic (exact) mass is 443 g/mol. The number of ether oxygens (including phenoxy) is 1. The van der Waals surface area contributed by atoms with Gasteiger partial charge in [-0.1, -0.05) is 18.6 Å². The van der Waals surface area contributed by atoms with Crippen LogP contribution in [0.2, 0.25) is 0 Å². The molecule has 1 fully saturated rings. The molecule has 2 aromatic carbocycles. The van der Waals surface area contributed by atoms with Gasteiger partial charge in [-0.2, -0.15) is 4.31 Å². The van der Waals surface area contributed by atoms with Crippen molar-refractivity contribution in [1.29, 1.82) is 0 Å². The first-order valence-corrected chi connectivity index (χ1v) is 11.7. The number of hydrogen-bond donors (Lipinski definition) is 1. The van der Waals surface area contributed by atoms with E-state index in [2.05, 4.69) is 17.1 Å². The Bertz CT molecular complexity index is 1040. The second kappa shape index (κ2) is 10.1. The molecule has 7 nitrogen and oxygen atoms in total. The van der Waals surface area contributed by atoms with Gasteiger partial charge in [0.1, 0.15) is 5.75 Å². The number of methoxy groups -OCH3 is 1. The summed E-state index contributed by atoms with van der Waals surface area (Å²) in [7, 11) is -1.95. The Morgan fingerprint density at radius 3 is 2.39 bits per heavy atom. The summed E-state index contributed by atoms with van der Waals surface area (Å²) in [6.07, 6.45) is 3.12. The highest BCUT2D eigenvalue weighted by molar-refractivity contribution is 7.89. The maximum atomic E-state index is 12.9. The molecule has 1 saturated heterocycles. The highest BCUT2D eigenvalue weighted by atomic mass is 32.2. The second-order valence-electron chi connectivity index (χ2n) is 7.43. The fourth-order valence-corrected chi connectivity index (χ4v) is 4.90. The summed E-state index contributed by atoms with van der Waals surface area (Å²) < 4.78 is 32.6. The molecular formula is C23H29N3O4S. The molecule has 166 valence electrons. The number of benzene rings is 2. The molecule has 1 heterocycles. The van der Waals surface area contributed by atoms with Crippen LogP contribution in [-0.4, -0.2) is 63.4 Å². The molecule has 0 unspecified atom stereocenters. The summed E-state index contributed by atoms with van der Waals surface area (Å²) >= 11 is 0. The first-order valence-electron chi connectivity index (χ1n) is 10.3. The Kier molecular flexibility index (Phi) is 7.48. The van der Waals surface area contributed by atoms with Gasteiger partial charge in [-0.25, -0.2) is 8.42 Å². The first kappa shape index (κ1) is 23.0. The number of sulfonamides is 1. The van der Waals surface area contributed by atoms with Gasteiger partial charge in [0.15, 0.2) is 0 Å². The topological polar surface area (TPSA) is 79.0 Å². The normalized spacial score (nSPS) is 15.8. The van der Waals surface area contributed by atoms with Crippen molar-refractivity contribution in [2.24, 2.45) is 0 Å². The molecule has 1 aliphatic heterocycles. The fraction of sp³-hybridized carbons (Fsp3) is 0.348. The van der Waals surface area contributed by atoms with Crippen molar-refractivity contribution in [1.82, 2.24) is 9.21 Å². The van der Waals surface area contributed by atoms with Crippen molar-refractivity contribution in [3.05, 3.63) is 59.7 Å². The van der Waals surface area contributed by atoms with Gasteiger partial charge in [-0.3, -0.25) is 4.79 Å². The van der Waals surface area contributed by atoms with E-state index in [0.29, 0.717) is 24.5 Å². The zero-order valence-electron chi connectivity index (χ0n) is 18.2. The van der Waals surface area contributed by atoms with Crippen LogP contribution in [0.3, 0.4) is 0 Å². The van der Waals surface area contributed by atoms with Gasteiger partial charge in [-0.15, -0.1) is 0 Å². The SMILES string of the molecule is CCN1CCN(S(=O)(=O)c2ccc(NC(=O)/C=C/c3cc(C)ccc3OC)cc2)CC1. The maximum Gasteiger partial charge on any atom is 0.248 e. The second-order valence-corrected chi connectivity index (χ2v) is 9.37. The van der Waals surface area contributed by atoms with Gasteiger partial charge < -0.3 is 15.0 Å². The molecule has 1 amide bonds. The molecule has 2 aromatic rings. The quantitative estimate of drug-likeness (QED) is 0.666. The molecule has 0 aromatic heterocycles. The third-order valence-electron chi connectivity index (χ3n) is 5.34. The summed E-state index contributed by atoms with van der Waals surface area (Å²) in [4.78, 5) is 14.7. The zero-order chi connectivity index (χ0) is 22.4. The number of anilines is 1.